The van der Waals surface area contributed by atoms with Gasteiger partial charge in [0.05, 0.1) is 7.11 Å². The van der Waals surface area contributed by atoms with E-state index in [4.69, 9.17) is 9.84 Å². The number of hydrogen-bond donors (Lipinski definition) is 2. The lowest BCUT2D eigenvalue weighted by atomic mass is 10.1. The lowest BCUT2D eigenvalue weighted by Crippen LogP contribution is -1.94. The number of rotatable bonds is 3. The summed E-state index contributed by atoms with van der Waals surface area (Å²) >= 11 is 0. The number of hydrogen-bond acceptors (Lipinski definition) is 5. The average molecular weight is 267 g/mol. The van der Waals surface area contributed by atoms with Gasteiger partial charge in [-0.15, -0.1) is 0 Å². The van der Waals surface area contributed by atoms with Crippen LogP contribution in [-0.2, 0) is 0 Å². The summed E-state index contributed by atoms with van der Waals surface area (Å²) < 4.78 is 23.4. The minimum Gasteiger partial charge on any atom is -0.502 e. The number of phenolic OH excluding ortho intramolecular Hbond substituents is 1. The largest absolute Gasteiger partial charge is 0.502 e. The van der Waals surface area contributed by atoms with Crippen LogP contribution in [-0.4, -0.2) is 28.4 Å². The van der Waals surface area contributed by atoms with E-state index in [0.29, 0.717) is 5.56 Å². The lowest BCUT2D eigenvalue weighted by molar-refractivity contribution is 0.0652. The van der Waals surface area contributed by atoms with Crippen LogP contribution in [0.3, 0.4) is 0 Å². The fourth-order valence-electron chi connectivity index (χ4n) is 1.71. The Balaban J connectivity index is 2.59. The van der Waals surface area contributed by atoms with Crippen LogP contribution in [0.15, 0.2) is 16.7 Å². The van der Waals surface area contributed by atoms with Crippen molar-refractivity contribution < 1.29 is 28.7 Å². The normalized spacial score (nSPS) is 10.5. The summed E-state index contributed by atoms with van der Waals surface area (Å²) in [6.07, 6.45) is 0. The molecule has 1 aromatic carbocycles. The predicted octanol–water partition coefficient (Wildman–Crippen LogP) is 2.20. The minimum absolute atomic E-state index is 0.0169. The highest BCUT2D eigenvalue weighted by Crippen LogP contribution is 2.38. The number of ether oxygens (including phenoxy) is 1. The third-order valence-electron chi connectivity index (χ3n) is 2.58. The molecule has 2 aromatic rings. The number of methoxy groups -OCH3 is 1. The molecule has 1 aromatic heterocycles. The Kier molecular flexibility index (Phi) is 3.12. The molecule has 0 saturated carbocycles. The van der Waals surface area contributed by atoms with Gasteiger partial charge in [0.2, 0.25) is 5.76 Å². The molecular weight excluding hydrogens is 257 g/mol. The van der Waals surface area contributed by atoms with Gasteiger partial charge in [-0.1, -0.05) is 5.16 Å². The Morgan fingerprint density at radius 2 is 2.16 bits per heavy atom. The molecule has 0 aliphatic heterocycles. The van der Waals surface area contributed by atoms with E-state index >= 15 is 0 Å². The molecule has 6 nitrogen and oxygen atoms in total. The van der Waals surface area contributed by atoms with Crippen molar-refractivity contribution in [2.45, 2.75) is 6.92 Å². The molecule has 0 saturated heterocycles. The average Bonchev–Trinajstić information content (AvgIpc) is 2.84. The van der Waals surface area contributed by atoms with Gasteiger partial charge in [-0.3, -0.25) is 0 Å². The van der Waals surface area contributed by atoms with E-state index in [9.17, 15) is 14.3 Å². The van der Waals surface area contributed by atoms with Crippen LogP contribution >= 0.6 is 0 Å². The van der Waals surface area contributed by atoms with E-state index in [1.807, 2.05) is 0 Å². The topological polar surface area (TPSA) is 92.8 Å². The van der Waals surface area contributed by atoms with E-state index in [-0.39, 0.29) is 17.0 Å². The Morgan fingerprint density at radius 3 is 2.68 bits per heavy atom. The number of carboxylic acids is 1. The highest BCUT2D eigenvalue weighted by atomic mass is 19.1. The summed E-state index contributed by atoms with van der Waals surface area (Å²) in [7, 11) is 1.31. The Labute approximate surface area is 107 Å². The molecule has 19 heavy (non-hydrogen) atoms. The number of benzene rings is 1. The van der Waals surface area contributed by atoms with Crippen LogP contribution in [0.4, 0.5) is 4.39 Å². The molecule has 2 N–H and O–H groups in total. The van der Waals surface area contributed by atoms with Crippen molar-refractivity contribution in [1.82, 2.24) is 5.16 Å². The van der Waals surface area contributed by atoms with Crippen LogP contribution in [0, 0.1) is 12.7 Å². The molecule has 2 rings (SSSR count). The third kappa shape index (κ3) is 2.10. The van der Waals surface area contributed by atoms with Crippen molar-refractivity contribution in [2.75, 3.05) is 7.11 Å². The van der Waals surface area contributed by atoms with Gasteiger partial charge >= 0.3 is 5.97 Å². The Hall–Kier alpha value is -2.57. The fourth-order valence-corrected chi connectivity index (χ4v) is 1.71. The first-order valence-electron chi connectivity index (χ1n) is 5.22. The third-order valence-corrected chi connectivity index (χ3v) is 2.58. The zero-order chi connectivity index (χ0) is 14.2. The number of nitrogens with zero attached hydrogens (tertiary/aromatic N) is 1. The number of carbonyl (C=O) groups is 1. The van der Waals surface area contributed by atoms with E-state index < -0.39 is 23.3 Å². The number of aryl methyl sites for hydroxylation is 1. The molecule has 0 fully saturated rings. The van der Waals surface area contributed by atoms with E-state index in [0.717, 1.165) is 6.07 Å². The number of halogens is 1. The maximum atomic E-state index is 14.0. The number of aromatic nitrogens is 1. The predicted molar refractivity (Wildman–Crippen MR) is 61.8 cm³/mol. The van der Waals surface area contributed by atoms with E-state index in [1.54, 1.807) is 6.92 Å². The van der Waals surface area contributed by atoms with Crippen molar-refractivity contribution in [1.29, 1.82) is 0 Å². The first kappa shape index (κ1) is 12.9. The number of phenols is 1. The van der Waals surface area contributed by atoms with Crippen LogP contribution < -0.4 is 4.74 Å². The van der Waals surface area contributed by atoms with Crippen molar-refractivity contribution in [3.63, 3.8) is 0 Å². The van der Waals surface area contributed by atoms with Crippen LogP contribution in [0.2, 0.25) is 0 Å². The Morgan fingerprint density at radius 1 is 1.47 bits per heavy atom. The molecule has 0 aliphatic carbocycles. The van der Waals surface area contributed by atoms with Gasteiger partial charge in [-0.05, 0) is 18.6 Å². The van der Waals surface area contributed by atoms with E-state index in [1.165, 1.54) is 13.2 Å². The molecule has 0 radical (unpaired) electrons. The van der Waals surface area contributed by atoms with Crippen molar-refractivity contribution in [3.05, 3.63) is 29.3 Å². The zero-order valence-electron chi connectivity index (χ0n) is 10.1. The van der Waals surface area contributed by atoms with Crippen LogP contribution in [0.5, 0.6) is 11.5 Å². The van der Waals surface area contributed by atoms with Gasteiger partial charge in [0.15, 0.2) is 17.3 Å². The molecule has 0 bridgehead atoms. The smallest absolute Gasteiger partial charge is 0.374 e. The molecule has 1 heterocycles. The molecule has 0 spiro atoms. The van der Waals surface area contributed by atoms with Gasteiger partial charge in [0.1, 0.15) is 5.69 Å². The number of aromatic hydroxyl groups is 1. The molecule has 0 amide bonds. The summed E-state index contributed by atoms with van der Waals surface area (Å²) in [5, 5.41) is 21.8. The SMILES string of the molecule is COc1c(C)cc(-c2cc(C(=O)O)on2)c(F)c1O. The molecule has 0 atom stereocenters. The van der Waals surface area contributed by atoms with Gasteiger partial charge in [0, 0.05) is 11.6 Å². The molecule has 7 heteroatoms. The zero-order valence-corrected chi connectivity index (χ0v) is 10.1. The standard InChI is InChI=1S/C12H10FNO5/c1-5-3-6(9(13)10(15)11(5)18-2)7-4-8(12(16)17)19-14-7/h3-4,15H,1-2H3,(H,16,17). The lowest BCUT2D eigenvalue weighted by Gasteiger charge is -2.10. The highest BCUT2D eigenvalue weighted by molar-refractivity contribution is 5.85. The molecule has 100 valence electrons. The molecule has 0 aliphatic rings. The van der Waals surface area contributed by atoms with Gasteiger partial charge in [0.25, 0.3) is 0 Å². The summed E-state index contributed by atoms with van der Waals surface area (Å²) in [4.78, 5) is 10.7. The van der Waals surface area contributed by atoms with Crippen LogP contribution in [0.1, 0.15) is 16.1 Å². The van der Waals surface area contributed by atoms with Crippen LogP contribution in [0.25, 0.3) is 11.3 Å². The monoisotopic (exact) mass is 267 g/mol. The second-order valence-corrected chi connectivity index (χ2v) is 3.82. The first-order chi connectivity index (χ1) is 8.95. The fraction of sp³-hybridized carbons (Fsp3) is 0.167. The van der Waals surface area contributed by atoms with Gasteiger partial charge in [-0.25, -0.2) is 9.18 Å². The van der Waals surface area contributed by atoms with Gasteiger partial charge < -0.3 is 19.5 Å². The Bertz CT molecular complexity index is 650. The van der Waals surface area contributed by atoms with Gasteiger partial charge in [-0.2, -0.15) is 0 Å². The first-order valence-corrected chi connectivity index (χ1v) is 5.22. The van der Waals surface area contributed by atoms with Crippen molar-refractivity contribution in [3.8, 4) is 22.8 Å². The summed E-state index contributed by atoms with van der Waals surface area (Å²) in [6, 6.07) is 2.46. The van der Waals surface area contributed by atoms with Crippen molar-refractivity contribution in [2.24, 2.45) is 0 Å². The number of carboxylic acid groups (broad SMARTS) is 1. The minimum atomic E-state index is -1.31. The maximum Gasteiger partial charge on any atom is 0.374 e. The summed E-state index contributed by atoms with van der Waals surface area (Å²) in [5.74, 6) is -3.32. The second kappa shape index (κ2) is 4.60. The highest BCUT2D eigenvalue weighted by Gasteiger charge is 2.21. The number of aromatic carboxylic acids is 1. The summed E-state index contributed by atoms with van der Waals surface area (Å²) in [6.45, 7) is 1.61. The molecular formula is C12H10FNO5. The molecule has 0 unspecified atom stereocenters. The summed E-state index contributed by atoms with van der Waals surface area (Å²) in [5.41, 5.74) is 0.402. The van der Waals surface area contributed by atoms with E-state index in [2.05, 4.69) is 9.68 Å². The second-order valence-electron chi connectivity index (χ2n) is 3.82. The quantitative estimate of drug-likeness (QED) is 0.885. The maximum absolute atomic E-state index is 14.0. The van der Waals surface area contributed by atoms with Crippen molar-refractivity contribution >= 4 is 5.97 Å².